The number of nitrogens with one attached hydrogen (secondary N) is 1. The van der Waals surface area contributed by atoms with E-state index >= 15 is 0 Å². The van der Waals surface area contributed by atoms with E-state index in [1.54, 1.807) is 6.92 Å². The quantitative estimate of drug-likeness (QED) is 0.746. The van der Waals surface area contributed by atoms with Crippen LogP contribution in [0.3, 0.4) is 0 Å². The summed E-state index contributed by atoms with van der Waals surface area (Å²) in [4.78, 5) is 24.2. The molecule has 0 saturated heterocycles. The summed E-state index contributed by atoms with van der Waals surface area (Å²) in [7, 11) is 1.43. The van der Waals surface area contributed by atoms with Gasteiger partial charge in [0.2, 0.25) is 5.91 Å². The minimum absolute atomic E-state index is 0.0339. The number of carbonyl (C=O) groups excluding carboxylic acids is 2. The number of aliphatic hydroxyl groups is 1. The molecule has 0 radical (unpaired) electrons. The third-order valence-electron chi connectivity index (χ3n) is 4.90. The van der Waals surface area contributed by atoms with Gasteiger partial charge in [0.05, 0.1) is 18.6 Å². The number of fused-ring (bicyclic) bond motifs is 3. The molecule has 3 rings (SSSR count). The minimum atomic E-state index is -0.526. The van der Waals surface area contributed by atoms with Crippen LogP contribution in [0.25, 0.3) is 0 Å². The van der Waals surface area contributed by atoms with Gasteiger partial charge < -0.3 is 15.2 Å². The predicted molar refractivity (Wildman–Crippen MR) is 69.3 cm³/mol. The van der Waals surface area contributed by atoms with Crippen LogP contribution in [0.15, 0.2) is 0 Å². The molecule has 1 amide bonds. The first-order valence-electron chi connectivity index (χ1n) is 6.99. The second-order valence-corrected chi connectivity index (χ2v) is 6.11. The Kier molecular flexibility index (Phi) is 3.85. The molecule has 3 saturated carbocycles. The fourth-order valence-corrected chi connectivity index (χ4v) is 3.48. The Balaban J connectivity index is 2.00. The van der Waals surface area contributed by atoms with E-state index < -0.39 is 6.10 Å². The minimum Gasteiger partial charge on any atom is -0.469 e. The van der Waals surface area contributed by atoms with Crippen molar-refractivity contribution >= 4 is 11.9 Å². The van der Waals surface area contributed by atoms with Crippen molar-refractivity contribution in [2.75, 3.05) is 13.7 Å². The molecular formula is C14H23NO4. The third-order valence-corrected chi connectivity index (χ3v) is 4.90. The number of hydrogen-bond donors (Lipinski definition) is 2. The van der Waals surface area contributed by atoms with E-state index in [-0.39, 0.29) is 22.7 Å². The highest BCUT2D eigenvalue weighted by Gasteiger charge is 2.55. The lowest BCUT2D eigenvalue weighted by Crippen LogP contribution is -2.53. The first-order valence-corrected chi connectivity index (χ1v) is 6.99. The van der Waals surface area contributed by atoms with E-state index in [9.17, 15) is 14.7 Å². The van der Waals surface area contributed by atoms with E-state index in [4.69, 9.17) is 4.74 Å². The van der Waals surface area contributed by atoms with Crippen LogP contribution in [-0.4, -0.2) is 36.7 Å². The van der Waals surface area contributed by atoms with Crippen molar-refractivity contribution in [3.05, 3.63) is 0 Å². The van der Waals surface area contributed by atoms with Gasteiger partial charge in [-0.05, 0) is 45.4 Å². The zero-order valence-electron chi connectivity index (χ0n) is 11.7. The molecule has 108 valence electrons. The van der Waals surface area contributed by atoms with Gasteiger partial charge >= 0.3 is 5.97 Å². The zero-order chi connectivity index (χ0) is 14.1. The van der Waals surface area contributed by atoms with Gasteiger partial charge in [0.1, 0.15) is 0 Å². The number of methoxy groups -OCH3 is 1. The van der Waals surface area contributed by atoms with E-state index in [2.05, 4.69) is 5.32 Å². The molecule has 0 aromatic rings. The predicted octanol–water partition coefficient (Wildman–Crippen LogP) is 0.997. The molecular weight excluding hydrogens is 246 g/mol. The second kappa shape index (κ2) is 5.12. The van der Waals surface area contributed by atoms with Crippen molar-refractivity contribution in [2.24, 2.45) is 10.8 Å². The van der Waals surface area contributed by atoms with Gasteiger partial charge in [-0.2, -0.15) is 0 Å². The molecule has 3 aliphatic carbocycles. The fourth-order valence-electron chi connectivity index (χ4n) is 3.48. The van der Waals surface area contributed by atoms with Crippen LogP contribution in [0.1, 0.15) is 45.4 Å². The van der Waals surface area contributed by atoms with Gasteiger partial charge in [-0.25, -0.2) is 0 Å². The normalized spacial score (nSPS) is 34.7. The summed E-state index contributed by atoms with van der Waals surface area (Å²) in [5, 5.41) is 12.1. The summed E-state index contributed by atoms with van der Waals surface area (Å²) in [5.74, 6) is -0.0863. The Bertz CT molecular complexity index is 353. The first-order chi connectivity index (χ1) is 8.94. The van der Waals surface area contributed by atoms with Crippen molar-refractivity contribution < 1.29 is 19.4 Å². The number of rotatable bonds is 4. The highest BCUT2D eigenvalue weighted by Crippen LogP contribution is 2.57. The van der Waals surface area contributed by atoms with Crippen molar-refractivity contribution in [1.82, 2.24) is 5.32 Å². The van der Waals surface area contributed by atoms with Gasteiger partial charge in [0.25, 0.3) is 0 Å². The van der Waals surface area contributed by atoms with Crippen LogP contribution in [0.4, 0.5) is 0 Å². The Hall–Kier alpha value is -1.10. The smallest absolute Gasteiger partial charge is 0.311 e. The maximum Gasteiger partial charge on any atom is 0.311 e. The maximum atomic E-state index is 12.3. The summed E-state index contributed by atoms with van der Waals surface area (Å²) in [6.45, 7) is 1.95. The summed E-state index contributed by atoms with van der Waals surface area (Å²) in [6.07, 6.45) is 3.92. The molecule has 0 aliphatic heterocycles. The van der Waals surface area contributed by atoms with Crippen LogP contribution in [0.2, 0.25) is 0 Å². The van der Waals surface area contributed by atoms with Crippen LogP contribution in [-0.2, 0) is 14.3 Å². The standard InChI is InChI=1S/C14H23NO4/c1-10(16)9-15-11(17)13-3-6-14(7-4-13,8-5-13)12(18)19-2/h10,16H,3-9H2,1-2H3,(H,15,17)/t10-,13?,14?/m0/s1. The van der Waals surface area contributed by atoms with E-state index in [0.717, 1.165) is 38.5 Å². The number of aliphatic hydroxyl groups excluding tert-OH is 1. The highest BCUT2D eigenvalue weighted by molar-refractivity contribution is 5.85. The number of amides is 1. The number of esters is 1. The molecule has 0 spiro atoms. The Morgan fingerprint density at radius 3 is 2.05 bits per heavy atom. The van der Waals surface area contributed by atoms with E-state index in [1.807, 2.05) is 0 Å². The lowest BCUT2D eigenvalue weighted by molar-refractivity contribution is -0.166. The molecule has 2 N–H and O–H groups in total. The first kappa shape index (κ1) is 14.3. The van der Waals surface area contributed by atoms with E-state index in [1.165, 1.54) is 7.11 Å². The molecule has 5 heteroatoms. The molecule has 3 aliphatic rings. The average molecular weight is 269 g/mol. The molecule has 0 unspecified atom stereocenters. The molecule has 0 aromatic heterocycles. The molecule has 19 heavy (non-hydrogen) atoms. The summed E-state index contributed by atoms with van der Waals surface area (Å²) >= 11 is 0. The lowest BCUT2D eigenvalue weighted by Gasteiger charge is -2.50. The summed E-state index contributed by atoms with van der Waals surface area (Å²) < 4.78 is 4.91. The molecule has 0 heterocycles. The van der Waals surface area contributed by atoms with Gasteiger partial charge in [0, 0.05) is 12.0 Å². The van der Waals surface area contributed by atoms with Gasteiger partial charge in [-0.3, -0.25) is 9.59 Å². The van der Waals surface area contributed by atoms with Crippen molar-refractivity contribution in [1.29, 1.82) is 0 Å². The average Bonchev–Trinajstić information content (AvgIpc) is 2.45. The Morgan fingerprint density at radius 2 is 1.63 bits per heavy atom. The van der Waals surface area contributed by atoms with Crippen molar-refractivity contribution in [2.45, 2.75) is 51.6 Å². The van der Waals surface area contributed by atoms with Crippen LogP contribution in [0.5, 0.6) is 0 Å². The highest BCUT2D eigenvalue weighted by atomic mass is 16.5. The van der Waals surface area contributed by atoms with E-state index in [0.29, 0.717) is 6.54 Å². The Labute approximate surface area is 113 Å². The molecule has 2 bridgehead atoms. The van der Waals surface area contributed by atoms with Crippen molar-refractivity contribution in [3.8, 4) is 0 Å². The number of carbonyl (C=O) groups is 2. The summed E-state index contributed by atoms with van der Waals surface area (Å²) in [5.41, 5.74) is -0.675. The topological polar surface area (TPSA) is 75.6 Å². The fraction of sp³-hybridized carbons (Fsp3) is 0.857. The van der Waals surface area contributed by atoms with Crippen LogP contribution in [0, 0.1) is 10.8 Å². The molecule has 5 nitrogen and oxygen atoms in total. The van der Waals surface area contributed by atoms with Gasteiger partial charge in [-0.1, -0.05) is 0 Å². The van der Waals surface area contributed by atoms with Crippen LogP contribution >= 0.6 is 0 Å². The Morgan fingerprint density at radius 1 is 1.16 bits per heavy atom. The van der Waals surface area contributed by atoms with Crippen LogP contribution < -0.4 is 5.32 Å². The second-order valence-electron chi connectivity index (χ2n) is 6.11. The zero-order valence-corrected chi connectivity index (χ0v) is 11.7. The lowest BCUT2D eigenvalue weighted by atomic mass is 9.53. The van der Waals surface area contributed by atoms with Gasteiger partial charge in [-0.15, -0.1) is 0 Å². The molecule has 0 aromatic carbocycles. The number of ether oxygens (including phenoxy) is 1. The largest absolute Gasteiger partial charge is 0.469 e. The third kappa shape index (κ3) is 2.48. The molecule has 1 atom stereocenters. The van der Waals surface area contributed by atoms with Crippen molar-refractivity contribution in [3.63, 3.8) is 0 Å². The SMILES string of the molecule is COC(=O)C12CCC(C(=O)NC[C@H](C)O)(CC1)CC2. The summed E-state index contributed by atoms with van der Waals surface area (Å²) in [6, 6.07) is 0. The maximum absolute atomic E-state index is 12.3. The number of hydrogen-bond acceptors (Lipinski definition) is 4. The monoisotopic (exact) mass is 269 g/mol. The van der Waals surface area contributed by atoms with Gasteiger partial charge in [0.15, 0.2) is 0 Å². The molecule has 3 fully saturated rings.